The maximum atomic E-state index is 11.1. The minimum atomic E-state index is -0.372. The Hall–Kier alpha value is -1.45. The molecule has 1 aliphatic rings. The van der Waals surface area contributed by atoms with Crippen LogP contribution in [0.1, 0.15) is 6.92 Å². The molecule has 12 heavy (non-hydrogen) atoms. The molecule has 1 aliphatic heterocycles. The van der Waals surface area contributed by atoms with Crippen LogP contribution in [0.4, 0.5) is 4.79 Å². The first-order valence-corrected chi connectivity index (χ1v) is 3.69. The molecule has 0 aromatic rings. The van der Waals surface area contributed by atoms with Crippen LogP contribution in [0.2, 0.25) is 0 Å². The highest BCUT2D eigenvalue weighted by Crippen LogP contribution is 2.07. The monoisotopic (exact) mass is 168 g/mol. The van der Waals surface area contributed by atoms with Crippen LogP contribution >= 0.6 is 0 Å². The third-order valence-electron chi connectivity index (χ3n) is 1.61. The van der Waals surface area contributed by atoms with Crippen molar-refractivity contribution in [2.45, 2.75) is 6.92 Å². The number of carbonyl (C=O) groups excluding carboxylic acids is 1. The maximum absolute atomic E-state index is 11.1. The van der Waals surface area contributed by atoms with E-state index in [4.69, 9.17) is 0 Å². The lowest BCUT2D eigenvalue weighted by atomic mass is 10.4. The molecule has 0 fully saturated rings. The van der Waals surface area contributed by atoms with E-state index in [-0.39, 0.29) is 6.09 Å². The number of amides is 1. The number of rotatable bonds is 0. The zero-order valence-electron chi connectivity index (χ0n) is 7.20. The first kappa shape index (κ1) is 8.64. The van der Waals surface area contributed by atoms with Crippen molar-refractivity contribution in [2.24, 2.45) is 0 Å². The summed E-state index contributed by atoms with van der Waals surface area (Å²) < 4.78 is 4.58. The Bertz CT molecular complexity index is 233. The fourth-order valence-corrected chi connectivity index (χ4v) is 0.921. The molecule has 4 heteroatoms. The van der Waals surface area contributed by atoms with Gasteiger partial charge in [0.1, 0.15) is 0 Å². The zero-order valence-corrected chi connectivity index (χ0v) is 7.20. The van der Waals surface area contributed by atoms with E-state index in [1.165, 1.54) is 12.0 Å². The number of nitrogens with one attached hydrogen (secondary N) is 1. The molecule has 0 unspecified atom stereocenters. The second kappa shape index (κ2) is 3.80. The van der Waals surface area contributed by atoms with Crippen molar-refractivity contribution < 1.29 is 9.53 Å². The Kier molecular flexibility index (Phi) is 2.74. The van der Waals surface area contributed by atoms with Crippen molar-refractivity contribution in [3.8, 4) is 0 Å². The summed E-state index contributed by atoms with van der Waals surface area (Å²) in [6.07, 6.45) is 4.90. The van der Waals surface area contributed by atoms with Gasteiger partial charge >= 0.3 is 6.09 Å². The van der Waals surface area contributed by atoms with E-state index in [9.17, 15) is 4.79 Å². The number of allylic oxidation sites excluding steroid dienone is 1. The predicted molar refractivity (Wildman–Crippen MR) is 45.1 cm³/mol. The van der Waals surface area contributed by atoms with Crippen molar-refractivity contribution >= 4 is 6.09 Å². The van der Waals surface area contributed by atoms with Crippen LogP contribution in [-0.4, -0.2) is 24.6 Å². The van der Waals surface area contributed by atoms with E-state index in [2.05, 4.69) is 10.1 Å². The first-order chi connectivity index (χ1) is 5.75. The van der Waals surface area contributed by atoms with Gasteiger partial charge in [0.25, 0.3) is 0 Å². The Morgan fingerprint density at radius 2 is 2.50 bits per heavy atom. The molecular formula is C8H12N2O2. The largest absolute Gasteiger partial charge is 0.452 e. The van der Waals surface area contributed by atoms with Crippen LogP contribution in [0, 0.1) is 0 Å². The third-order valence-corrected chi connectivity index (χ3v) is 1.61. The number of hydrogen-bond acceptors (Lipinski definition) is 3. The molecular weight excluding hydrogens is 156 g/mol. The number of carbonyl (C=O) groups is 1. The van der Waals surface area contributed by atoms with Gasteiger partial charge in [-0.2, -0.15) is 0 Å². The van der Waals surface area contributed by atoms with Crippen LogP contribution in [0.25, 0.3) is 0 Å². The average Bonchev–Trinajstić information content (AvgIpc) is 2.28. The van der Waals surface area contributed by atoms with Gasteiger partial charge in [0.2, 0.25) is 0 Å². The SMILES string of the molecule is COC(=O)N1C=CNCC=C1C. The third kappa shape index (κ3) is 1.78. The van der Waals surface area contributed by atoms with Gasteiger partial charge < -0.3 is 10.1 Å². The van der Waals surface area contributed by atoms with Crippen LogP contribution in [0.15, 0.2) is 24.2 Å². The van der Waals surface area contributed by atoms with E-state index >= 15 is 0 Å². The number of ether oxygens (including phenoxy) is 1. The molecule has 1 N–H and O–H groups in total. The molecule has 0 atom stereocenters. The highest BCUT2D eigenvalue weighted by Gasteiger charge is 2.12. The first-order valence-electron chi connectivity index (χ1n) is 3.69. The van der Waals surface area contributed by atoms with E-state index in [0.29, 0.717) is 0 Å². The summed E-state index contributed by atoms with van der Waals surface area (Å²) in [5, 5.41) is 2.98. The maximum Gasteiger partial charge on any atom is 0.417 e. The molecule has 4 nitrogen and oxygen atoms in total. The lowest BCUT2D eigenvalue weighted by molar-refractivity contribution is 0.149. The van der Waals surface area contributed by atoms with Gasteiger partial charge in [-0.25, -0.2) is 4.79 Å². The van der Waals surface area contributed by atoms with Crippen LogP contribution in [0.3, 0.4) is 0 Å². The molecule has 0 saturated heterocycles. The molecule has 0 saturated carbocycles. The van der Waals surface area contributed by atoms with Gasteiger partial charge in [0.15, 0.2) is 0 Å². The molecule has 0 aromatic heterocycles. The summed E-state index contributed by atoms with van der Waals surface area (Å²) in [7, 11) is 1.36. The minimum Gasteiger partial charge on any atom is -0.452 e. The van der Waals surface area contributed by atoms with E-state index < -0.39 is 0 Å². The normalized spacial score (nSPS) is 16.2. The zero-order chi connectivity index (χ0) is 8.97. The summed E-state index contributed by atoms with van der Waals surface area (Å²) in [4.78, 5) is 12.6. The quantitative estimate of drug-likeness (QED) is 0.587. The van der Waals surface area contributed by atoms with E-state index in [1.807, 2.05) is 13.0 Å². The lowest BCUT2D eigenvalue weighted by Crippen LogP contribution is -2.23. The second-order valence-corrected chi connectivity index (χ2v) is 2.41. The smallest absolute Gasteiger partial charge is 0.417 e. The molecule has 0 aromatic carbocycles. The Morgan fingerprint density at radius 1 is 1.75 bits per heavy atom. The summed E-state index contributed by atoms with van der Waals surface area (Å²) in [5.74, 6) is 0. The highest BCUT2D eigenvalue weighted by atomic mass is 16.5. The van der Waals surface area contributed by atoms with Crippen molar-refractivity contribution in [3.05, 3.63) is 24.2 Å². The molecule has 1 rings (SSSR count). The van der Waals surface area contributed by atoms with Gasteiger partial charge in [-0.3, -0.25) is 4.90 Å². The standard InChI is InChI=1S/C8H12N2O2/c1-7-3-4-9-5-6-10(7)8(11)12-2/h3,5-6,9H,4H2,1-2H3. The van der Waals surface area contributed by atoms with Crippen molar-refractivity contribution in [2.75, 3.05) is 13.7 Å². The Morgan fingerprint density at radius 3 is 3.17 bits per heavy atom. The van der Waals surface area contributed by atoms with E-state index in [1.54, 1.807) is 12.4 Å². The van der Waals surface area contributed by atoms with Crippen molar-refractivity contribution in [3.63, 3.8) is 0 Å². The summed E-state index contributed by atoms with van der Waals surface area (Å²) in [5.41, 5.74) is 0.864. The number of nitrogens with zero attached hydrogens (tertiary/aromatic N) is 1. The lowest BCUT2D eigenvalue weighted by Gasteiger charge is -2.15. The van der Waals surface area contributed by atoms with Gasteiger partial charge in [-0.15, -0.1) is 0 Å². The fourth-order valence-electron chi connectivity index (χ4n) is 0.921. The van der Waals surface area contributed by atoms with Crippen LogP contribution in [0.5, 0.6) is 0 Å². The summed E-state index contributed by atoms with van der Waals surface area (Å²) in [6.45, 7) is 2.59. The predicted octanol–water partition coefficient (Wildman–Crippen LogP) is 1.03. The van der Waals surface area contributed by atoms with Gasteiger partial charge in [0, 0.05) is 24.6 Å². The fraction of sp³-hybridized carbons (Fsp3) is 0.375. The Labute approximate surface area is 71.5 Å². The molecule has 0 radical (unpaired) electrons. The Balaban J connectivity index is 2.78. The van der Waals surface area contributed by atoms with Crippen LogP contribution < -0.4 is 5.32 Å². The summed E-state index contributed by atoms with van der Waals surface area (Å²) in [6, 6.07) is 0. The van der Waals surface area contributed by atoms with Crippen molar-refractivity contribution in [1.29, 1.82) is 0 Å². The number of hydrogen-bond donors (Lipinski definition) is 1. The topological polar surface area (TPSA) is 41.6 Å². The minimum absolute atomic E-state index is 0.372. The van der Waals surface area contributed by atoms with E-state index in [0.717, 1.165) is 12.2 Å². The average molecular weight is 168 g/mol. The van der Waals surface area contributed by atoms with Crippen molar-refractivity contribution in [1.82, 2.24) is 10.2 Å². The van der Waals surface area contributed by atoms with Gasteiger partial charge in [-0.05, 0) is 13.0 Å². The van der Waals surface area contributed by atoms with Gasteiger partial charge in [0.05, 0.1) is 7.11 Å². The molecule has 0 aliphatic carbocycles. The highest BCUT2D eigenvalue weighted by molar-refractivity contribution is 5.71. The van der Waals surface area contributed by atoms with Crippen LogP contribution in [-0.2, 0) is 4.74 Å². The molecule has 66 valence electrons. The molecule has 1 amide bonds. The molecule has 0 spiro atoms. The molecule has 0 bridgehead atoms. The summed E-state index contributed by atoms with van der Waals surface area (Å²) >= 11 is 0. The second-order valence-electron chi connectivity index (χ2n) is 2.41. The van der Waals surface area contributed by atoms with Gasteiger partial charge in [-0.1, -0.05) is 0 Å². The molecule has 1 heterocycles. The number of methoxy groups -OCH3 is 1.